The van der Waals surface area contributed by atoms with E-state index in [0.29, 0.717) is 17.9 Å². The first-order valence-corrected chi connectivity index (χ1v) is 10.9. The van der Waals surface area contributed by atoms with Crippen LogP contribution in [0.15, 0.2) is 42.7 Å². The molecule has 0 saturated carbocycles. The van der Waals surface area contributed by atoms with Crippen LogP contribution in [0, 0.1) is 0 Å². The van der Waals surface area contributed by atoms with Crippen molar-refractivity contribution >= 4 is 23.1 Å². The Balaban J connectivity index is 1.44. The number of likely N-dealkylation sites (N-methyl/N-ethyl adjacent to an activating group) is 1. The molecule has 0 aliphatic carbocycles. The number of rotatable bonds is 3. The number of imidazole rings is 1. The van der Waals surface area contributed by atoms with Gasteiger partial charge in [0.2, 0.25) is 0 Å². The highest BCUT2D eigenvalue weighted by atomic mass is 35.5. The van der Waals surface area contributed by atoms with E-state index in [2.05, 4.69) is 49.9 Å². The molecule has 0 aromatic carbocycles. The summed E-state index contributed by atoms with van der Waals surface area (Å²) >= 11 is 6.37. The standard InChI is InChI=1S/C22H27ClN6O/c1-27-8-10-28(11-9-27)21-6-2-5-20-26-19(14-29(20)21)17-12-15(30)13-18(25-17)22-16(23)4-3-7-24-22/h2-7,14-15,17-18,25,30H,8-13H2,1H3/t15-,17+,18-/m0/s1. The van der Waals surface area contributed by atoms with E-state index in [1.54, 1.807) is 6.20 Å². The van der Waals surface area contributed by atoms with Crippen molar-refractivity contribution in [1.29, 1.82) is 0 Å². The number of halogens is 1. The van der Waals surface area contributed by atoms with Crippen molar-refractivity contribution in [2.75, 3.05) is 38.1 Å². The molecule has 158 valence electrons. The van der Waals surface area contributed by atoms with Crippen LogP contribution in [0.5, 0.6) is 0 Å². The zero-order chi connectivity index (χ0) is 20.7. The van der Waals surface area contributed by atoms with Crippen LogP contribution in [0.4, 0.5) is 5.82 Å². The van der Waals surface area contributed by atoms with E-state index in [1.165, 1.54) is 5.82 Å². The summed E-state index contributed by atoms with van der Waals surface area (Å²) in [6.45, 7) is 4.12. The molecule has 2 N–H and O–H groups in total. The summed E-state index contributed by atoms with van der Waals surface area (Å²) in [5, 5.41) is 14.8. The largest absolute Gasteiger partial charge is 0.393 e. The van der Waals surface area contributed by atoms with Crippen LogP contribution in [0.1, 0.15) is 36.3 Å². The monoisotopic (exact) mass is 426 g/mol. The molecule has 0 spiro atoms. The summed E-state index contributed by atoms with van der Waals surface area (Å²) in [7, 11) is 2.16. The Morgan fingerprint density at radius 1 is 1.07 bits per heavy atom. The SMILES string of the molecule is CN1CCN(c2cccc3nc([C@H]4C[C@H](O)C[C@@H](c5ncccc5Cl)N4)cn23)CC1. The smallest absolute Gasteiger partial charge is 0.138 e. The third-order valence-corrected chi connectivity index (χ3v) is 6.53. The highest BCUT2D eigenvalue weighted by Crippen LogP contribution is 2.34. The van der Waals surface area contributed by atoms with Gasteiger partial charge in [0.15, 0.2) is 0 Å². The number of anilines is 1. The van der Waals surface area contributed by atoms with Gasteiger partial charge in [-0.3, -0.25) is 9.38 Å². The molecule has 5 heterocycles. The maximum atomic E-state index is 10.6. The second kappa shape index (κ2) is 8.15. The van der Waals surface area contributed by atoms with Gasteiger partial charge in [-0.15, -0.1) is 0 Å². The average Bonchev–Trinajstić information content (AvgIpc) is 3.19. The number of pyridine rings is 2. The molecule has 2 fully saturated rings. The molecule has 3 aromatic heterocycles. The molecule has 3 aromatic rings. The first-order valence-electron chi connectivity index (χ1n) is 10.5. The Morgan fingerprint density at radius 2 is 1.87 bits per heavy atom. The van der Waals surface area contributed by atoms with Gasteiger partial charge in [-0.2, -0.15) is 0 Å². The maximum Gasteiger partial charge on any atom is 0.138 e. The number of aliphatic hydroxyl groups excluding tert-OH is 1. The minimum absolute atomic E-state index is 0.0583. The van der Waals surface area contributed by atoms with Crippen LogP contribution >= 0.6 is 11.6 Å². The summed E-state index contributed by atoms with van der Waals surface area (Å²) in [6.07, 6.45) is 4.63. The van der Waals surface area contributed by atoms with Crippen LogP contribution in [0.2, 0.25) is 5.02 Å². The van der Waals surface area contributed by atoms with Gasteiger partial charge >= 0.3 is 0 Å². The summed E-state index contributed by atoms with van der Waals surface area (Å²) < 4.78 is 2.17. The Labute approximate surface area is 181 Å². The molecule has 2 aliphatic rings. The highest BCUT2D eigenvalue weighted by molar-refractivity contribution is 6.31. The predicted octanol–water partition coefficient (Wildman–Crippen LogP) is 2.66. The first kappa shape index (κ1) is 19.8. The second-order valence-electron chi connectivity index (χ2n) is 8.34. The number of piperidine rings is 1. The third-order valence-electron chi connectivity index (χ3n) is 6.21. The zero-order valence-electron chi connectivity index (χ0n) is 17.1. The van der Waals surface area contributed by atoms with Crippen LogP contribution in [0.3, 0.4) is 0 Å². The van der Waals surface area contributed by atoms with E-state index >= 15 is 0 Å². The summed E-state index contributed by atoms with van der Waals surface area (Å²) in [5.74, 6) is 1.17. The predicted molar refractivity (Wildman–Crippen MR) is 118 cm³/mol. The minimum Gasteiger partial charge on any atom is -0.393 e. The van der Waals surface area contributed by atoms with E-state index in [-0.39, 0.29) is 12.1 Å². The summed E-state index contributed by atoms with van der Waals surface area (Å²) in [4.78, 5) is 14.1. The molecule has 8 heteroatoms. The Bertz CT molecular complexity index is 1030. The molecule has 0 bridgehead atoms. The molecular weight excluding hydrogens is 400 g/mol. The summed E-state index contributed by atoms with van der Waals surface area (Å²) in [5.41, 5.74) is 2.65. The number of aromatic nitrogens is 3. The van der Waals surface area contributed by atoms with Gasteiger partial charge in [0, 0.05) is 38.6 Å². The fourth-order valence-corrected chi connectivity index (χ4v) is 4.80. The van der Waals surface area contributed by atoms with Crippen molar-refractivity contribution in [2.24, 2.45) is 0 Å². The van der Waals surface area contributed by atoms with Crippen molar-refractivity contribution in [3.05, 3.63) is 59.1 Å². The lowest BCUT2D eigenvalue weighted by Gasteiger charge is -2.34. The van der Waals surface area contributed by atoms with Gasteiger partial charge in [0.1, 0.15) is 11.5 Å². The lowest BCUT2D eigenvalue weighted by atomic mass is 9.92. The molecule has 3 atom stereocenters. The first-order chi connectivity index (χ1) is 14.6. The van der Waals surface area contributed by atoms with Gasteiger partial charge in [-0.1, -0.05) is 17.7 Å². The number of nitrogens with zero attached hydrogens (tertiary/aromatic N) is 5. The highest BCUT2D eigenvalue weighted by Gasteiger charge is 2.32. The van der Waals surface area contributed by atoms with Crippen molar-refractivity contribution < 1.29 is 5.11 Å². The zero-order valence-corrected chi connectivity index (χ0v) is 17.8. The molecule has 7 nitrogen and oxygen atoms in total. The van der Waals surface area contributed by atoms with Gasteiger partial charge in [0.05, 0.1) is 34.6 Å². The van der Waals surface area contributed by atoms with Crippen molar-refractivity contribution in [3.63, 3.8) is 0 Å². The molecular formula is C22H27ClN6O. The quantitative estimate of drug-likeness (QED) is 0.671. The van der Waals surface area contributed by atoms with E-state index in [9.17, 15) is 5.11 Å². The maximum absolute atomic E-state index is 10.6. The number of piperazine rings is 1. The second-order valence-corrected chi connectivity index (χ2v) is 8.74. The molecule has 5 rings (SSSR count). The minimum atomic E-state index is -0.429. The third kappa shape index (κ3) is 3.78. The Kier molecular flexibility index (Phi) is 5.37. The lowest BCUT2D eigenvalue weighted by molar-refractivity contribution is 0.0915. The number of aliphatic hydroxyl groups is 1. The molecule has 0 unspecified atom stereocenters. The fraction of sp³-hybridized carbons (Fsp3) is 0.455. The average molecular weight is 427 g/mol. The lowest BCUT2D eigenvalue weighted by Crippen LogP contribution is -2.45. The van der Waals surface area contributed by atoms with Crippen LogP contribution < -0.4 is 10.2 Å². The van der Waals surface area contributed by atoms with E-state index in [4.69, 9.17) is 16.6 Å². The van der Waals surface area contributed by atoms with Crippen molar-refractivity contribution in [2.45, 2.75) is 31.0 Å². The van der Waals surface area contributed by atoms with Gasteiger partial charge in [-0.05, 0) is 44.2 Å². The number of hydrogen-bond donors (Lipinski definition) is 2. The van der Waals surface area contributed by atoms with E-state index in [1.807, 2.05) is 18.2 Å². The Hall–Kier alpha value is -2.19. The van der Waals surface area contributed by atoms with Gasteiger partial charge < -0.3 is 20.2 Å². The van der Waals surface area contributed by atoms with Crippen molar-refractivity contribution in [1.82, 2.24) is 24.6 Å². The topological polar surface area (TPSA) is 68.9 Å². The normalized spacial score (nSPS) is 25.7. The van der Waals surface area contributed by atoms with Crippen LogP contribution in [0.25, 0.3) is 5.65 Å². The van der Waals surface area contributed by atoms with Crippen LogP contribution in [-0.2, 0) is 0 Å². The van der Waals surface area contributed by atoms with Crippen LogP contribution in [-0.4, -0.2) is 63.7 Å². The molecule has 30 heavy (non-hydrogen) atoms. The van der Waals surface area contributed by atoms with E-state index < -0.39 is 6.10 Å². The molecule has 0 amide bonds. The fourth-order valence-electron chi connectivity index (χ4n) is 4.55. The number of fused-ring (bicyclic) bond motifs is 1. The number of hydrogen-bond acceptors (Lipinski definition) is 6. The Morgan fingerprint density at radius 3 is 2.67 bits per heavy atom. The summed E-state index contributed by atoms with van der Waals surface area (Å²) in [6, 6.07) is 9.77. The van der Waals surface area contributed by atoms with Gasteiger partial charge in [0.25, 0.3) is 0 Å². The molecule has 2 aliphatic heterocycles. The molecule has 2 saturated heterocycles. The van der Waals surface area contributed by atoms with Gasteiger partial charge in [-0.25, -0.2) is 4.98 Å². The van der Waals surface area contributed by atoms with E-state index in [0.717, 1.165) is 43.2 Å². The number of nitrogens with one attached hydrogen (secondary N) is 1. The van der Waals surface area contributed by atoms with Crippen molar-refractivity contribution in [3.8, 4) is 0 Å². The molecule has 0 radical (unpaired) electrons.